The van der Waals surface area contributed by atoms with Crippen molar-refractivity contribution in [1.82, 2.24) is 9.97 Å². The summed E-state index contributed by atoms with van der Waals surface area (Å²) in [5, 5.41) is 2.99. The molecule has 2 heterocycles. The molecule has 7 heteroatoms. The number of benzene rings is 1. The Hall–Kier alpha value is -2.21. The van der Waals surface area contributed by atoms with Crippen molar-refractivity contribution in [3.63, 3.8) is 0 Å². The highest BCUT2D eigenvalue weighted by Gasteiger charge is 2.26. The van der Waals surface area contributed by atoms with Crippen molar-refractivity contribution in [2.45, 2.75) is 19.8 Å². The minimum atomic E-state index is -0.426. The van der Waals surface area contributed by atoms with Crippen LogP contribution in [0.3, 0.4) is 0 Å². The monoisotopic (exact) mass is 348 g/mol. The van der Waals surface area contributed by atoms with Gasteiger partial charge in [-0.3, -0.25) is 4.79 Å². The van der Waals surface area contributed by atoms with E-state index in [1.54, 1.807) is 6.20 Å². The summed E-state index contributed by atoms with van der Waals surface area (Å²) in [5.74, 6) is 0.0837. The summed E-state index contributed by atoms with van der Waals surface area (Å²) in [6, 6.07) is 5.80. The van der Waals surface area contributed by atoms with Gasteiger partial charge in [0.05, 0.1) is 10.7 Å². The van der Waals surface area contributed by atoms with E-state index in [2.05, 4.69) is 20.2 Å². The van der Waals surface area contributed by atoms with E-state index in [1.807, 2.05) is 13.0 Å². The maximum atomic E-state index is 13.1. The molecular formula is C17H18ClFN4O. The lowest BCUT2D eigenvalue weighted by molar-refractivity contribution is -0.120. The predicted molar refractivity (Wildman–Crippen MR) is 91.7 cm³/mol. The van der Waals surface area contributed by atoms with Crippen LogP contribution >= 0.6 is 11.6 Å². The summed E-state index contributed by atoms with van der Waals surface area (Å²) < 4.78 is 13.1. The van der Waals surface area contributed by atoms with Gasteiger partial charge in [0, 0.05) is 30.9 Å². The lowest BCUT2D eigenvalue weighted by Crippen LogP contribution is -2.39. The zero-order valence-corrected chi connectivity index (χ0v) is 14.1. The van der Waals surface area contributed by atoms with Crippen molar-refractivity contribution in [2.24, 2.45) is 5.92 Å². The van der Waals surface area contributed by atoms with Gasteiger partial charge in [-0.1, -0.05) is 11.6 Å². The standard InChI is InChI=1S/C17H18ClFN4O/c1-11-4-7-20-17(21-11)23-8-5-12(6-9-23)16(24)22-15-3-2-13(19)10-14(15)18/h2-4,7,10,12H,5-6,8-9H2,1H3,(H,22,24). The third-order valence-electron chi connectivity index (χ3n) is 4.12. The molecule has 2 aromatic rings. The molecule has 0 bridgehead atoms. The Kier molecular flexibility index (Phi) is 4.94. The minimum absolute atomic E-state index is 0.0895. The predicted octanol–water partition coefficient (Wildman–Crippen LogP) is 3.43. The van der Waals surface area contributed by atoms with Crippen LogP contribution in [0.25, 0.3) is 0 Å². The Morgan fingerprint density at radius 2 is 2.08 bits per heavy atom. The number of nitrogens with zero attached hydrogens (tertiary/aromatic N) is 3. The number of piperidine rings is 1. The van der Waals surface area contributed by atoms with Crippen LogP contribution in [0.1, 0.15) is 18.5 Å². The molecule has 1 aromatic heterocycles. The fourth-order valence-electron chi connectivity index (χ4n) is 2.76. The van der Waals surface area contributed by atoms with E-state index < -0.39 is 5.82 Å². The zero-order valence-electron chi connectivity index (χ0n) is 13.3. The first kappa shape index (κ1) is 16.6. The van der Waals surface area contributed by atoms with E-state index in [4.69, 9.17) is 11.6 Å². The number of rotatable bonds is 3. The molecule has 1 saturated heterocycles. The van der Waals surface area contributed by atoms with Crippen LogP contribution in [0.15, 0.2) is 30.5 Å². The van der Waals surface area contributed by atoms with Crippen LogP contribution in [-0.2, 0) is 4.79 Å². The Balaban J connectivity index is 1.59. The number of halogens is 2. The van der Waals surface area contributed by atoms with Crippen LogP contribution < -0.4 is 10.2 Å². The normalized spacial score (nSPS) is 15.4. The highest BCUT2D eigenvalue weighted by atomic mass is 35.5. The van der Waals surface area contributed by atoms with E-state index in [1.165, 1.54) is 18.2 Å². The number of amides is 1. The molecule has 24 heavy (non-hydrogen) atoms. The van der Waals surface area contributed by atoms with Gasteiger partial charge in [-0.25, -0.2) is 14.4 Å². The van der Waals surface area contributed by atoms with Crippen molar-refractivity contribution < 1.29 is 9.18 Å². The van der Waals surface area contributed by atoms with Gasteiger partial charge in [-0.2, -0.15) is 0 Å². The third kappa shape index (κ3) is 3.82. The highest BCUT2D eigenvalue weighted by molar-refractivity contribution is 6.33. The smallest absolute Gasteiger partial charge is 0.227 e. The number of carbonyl (C=O) groups excluding carboxylic acids is 1. The number of nitrogens with one attached hydrogen (secondary N) is 1. The number of hydrogen-bond donors (Lipinski definition) is 1. The van der Waals surface area contributed by atoms with Gasteiger partial charge in [-0.15, -0.1) is 0 Å². The first-order valence-corrected chi connectivity index (χ1v) is 8.21. The van der Waals surface area contributed by atoms with Gasteiger partial charge in [0.25, 0.3) is 0 Å². The molecule has 1 N–H and O–H groups in total. The van der Waals surface area contributed by atoms with Crippen LogP contribution in [0.4, 0.5) is 16.0 Å². The van der Waals surface area contributed by atoms with Crippen LogP contribution in [-0.4, -0.2) is 29.0 Å². The highest BCUT2D eigenvalue weighted by Crippen LogP contribution is 2.26. The molecule has 0 spiro atoms. The first-order valence-electron chi connectivity index (χ1n) is 7.83. The average molecular weight is 349 g/mol. The number of hydrogen-bond acceptors (Lipinski definition) is 4. The Labute approximate surface area is 144 Å². The molecule has 1 aliphatic heterocycles. The van der Waals surface area contributed by atoms with Crippen molar-refractivity contribution in [3.8, 4) is 0 Å². The van der Waals surface area contributed by atoms with Crippen molar-refractivity contribution in [1.29, 1.82) is 0 Å². The van der Waals surface area contributed by atoms with Gasteiger partial charge in [0.15, 0.2) is 0 Å². The SMILES string of the molecule is Cc1ccnc(N2CCC(C(=O)Nc3ccc(F)cc3Cl)CC2)n1. The van der Waals surface area contributed by atoms with Crippen LogP contribution in [0.5, 0.6) is 0 Å². The summed E-state index contributed by atoms with van der Waals surface area (Å²) in [7, 11) is 0. The first-order chi connectivity index (χ1) is 11.5. The molecule has 3 rings (SSSR count). The second kappa shape index (κ2) is 7.13. The molecule has 0 aliphatic carbocycles. The summed E-state index contributed by atoms with van der Waals surface area (Å²) in [6.45, 7) is 3.37. The summed E-state index contributed by atoms with van der Waals surface area (Å²) in [5.41, 5.74) is 1.36. The molecule has 0 saturated carbocycles. The van der Waals surface area contributed by atoms with Crippen molar-refractivity contribution in [3.05, 3.63) is 47.0 Å². The molecule has 126 valence electrons. The van der Waals surface area contributed by atoms with Crippen molar-refractivity contribution >= 4 is 29.1 Å². The summed E-state index contributed by atoms with van der Waals surface area (Å²) in [4.78, 5) is 23.2. The van der Waals surface area contributed by atoms with E-state index >= 15 is 0 Å². The number of aromatic nitrogens is 2. The fraction of sp³-hybridized carbons (Fsp3) is 0.353. The molecule has 1 aliphatic rings. The lowest BCUT2D eigenvalue weighted by Gasteiger charge is -2.31. The molecule has 1 fully saturated rings. The maximum Gasteiger partial charge on any atom is 0.227 e. The topological polar surface area (TPSA) is 58.1 Å². The average Bonchev–Trinajstić information content (AvgIpc) is 2.57. The van der Waals surface area contributed by atoms with Crippen LogP contribution in [0, 0.1) is 18.7 Å². The molecule has 0 radical (unpaired) electrons. The number of aryl methyl sites for hydroxylation is 1. The number of anilines is 2. The largest absolute Gasteiger partial charge is 0.341 e. The summed E-state index contributed by atoms with van der Waals surface area (Å²) in [6.07, 6.45) is 3.16. The molecule has 1 amide bonds. The second-order valence-electron chi connectivity index (χ2n) is 5.87. The maximum absolute atomic E-state index is 13.1. The minimum Gasteiger partial charge on any atom is -0.341 e. The zero-order chi connectivity index (χ0) is 17.1. The molecule has 0 unspecified atom stereocenters. The van der Waals surface area contributed by atoms with E-state index in [0.717, 1.165) is 18.8 Å². The Morgan fingerprint density at radius 1 is 1.33 bits per heavy atom. The Bertz CT molecular complexity index is 747. The van der Waals surface area contributed by atoms with Gasteiger partial charge < -0.3 is 10.2 Å². The number of carbonyl (C=O) groups is 1. The van der Waals surface area contributed by atoms with Crippen molar-refractivity contribution in [2.75, 3.05) is 23.3 Å². The molecular weight excluding hydrogens is 331 g/mol. The second-order valence-corrected chi connectivity index (χ2v) is 6.28. The lowest BCUT2D eigenvalue weighted by atomic mass is 9.96. The summed E-state index contributed by atoms with van der Waals surface area (Å²) >= 11 is 5.95. The van der Waals surface area contributed by atoms with Gasteiger partial charge in [-0.05, 0) is 44.0 Å². The van der Waals surface area contributed by atoms with E-state index in [9.17, 15) is 9.18 Å². The van der Waals surface area contributed by atoms with E-state index in [0.29, 0.717) is 24.5 Å². The quantitative estimate of drug-likeness (QED) is 0.923. The molecule has 0 atom stereocenters. The van der Waals surface area contributed by atoms with Gasteiger partial charge in [0.1, 0.15) is 5.82 Å². The van der Waals surface area contributed by atoms with Gasteiger partial charge in [0.2, 0.25) is 11.9 Å². The van der Waals surface area contributed by atoms with Crippen LogP contribution in [0.2, 0.25) is 5.02 Å². The van der Waals surface area contributed by atoms with Gasteiger partial charge >= 0.3 is 0 Å². The third-order valence-corrected chi connectivity index (χ3v) is 4.43. The molecule has 5 nitrogen and oxygen atoms in total. The fourth-order valence-corrected chi connectivity index (χ4v) is 2.97. The van der Waals surface area contributed by atoms with E-state index in [-0.39, 0.29) is 16.8 Å². The Morgan fingerprint density at radius 3 is 2.75 bits per heavy atom. The molecule has 1 aromatic carbocycles.